The molecule has 0 fully saturated rings. The maximum absolute atomic E-state index is 13.4. The lowest BCUT2D eigenvalue weighted by atomic mass is 10.0. The van der Waals surface area contributed by atoms with Crippen molar-refractivity contribution in [2.45, 2.75) is 26.4 Å². The van der Waals surface area contributed by atoms with Gasteiger partial charge in [-0.2, -0.15) is 0 Å². The third-order valence-electron chi connectivity index (χ3n) is 5.29. The van der Waals surface area contributed by atoms with Crippen LogP contribution in [0, 0.1) is 5.92 Å². The van der Waals surface area contributed by atoms with E-state index in [1.807, 2.05) is 71.6 Å². The standard InChI is InChI=1S/C26H28N2O2/c1-19(2)18-30-24-15-9-7-13-22(24)25-27-23-14-8-6-12-21(23)26(29)28(25)17-16-20-10-4-3-5-11-20/h3-15,19,25,27H,16-18H2,1-2H3. The Morgan fingerprint density at radius 3 is 2.43 bits per heavy atom. The van der Waals surface area contributed by atoms with E-state index in [0.29, 0.717) is 24.6 Å². The Hall–Kier alpha value is -3.27. The fraction of sp³-hybridized carbons (Fsp3) is 0.269. The van der Waals surface area contributed by atoms with Crippen LogP contribution >= 0.6 is 0 Å². The lowest BCUT2D eigenvalue weighted by Gasteiger charge is -2.38. The van der Waals surface area contributed by atoms with Crippen molar-refractivity contribution in [2.75, 3.05) is 18.5 Å². The van der Waals surface area contributed by atoms with Gasteiger partial charge in [-0.3, -0.25) is 4.79 Å². The maximum atomic E-state index is 13.4. The van der Waals surface area contributed by atoms with Crippen molar-refractivity contribution in [1.82, 2.24) is 4.90 Å². The summed E-state index contributed by atoms with van der Waals surface area (Å²) in [6.07, 6.45) is 0.515. The molecule has 4 rings (SSSR count). The summed E-state index contributed by atoms with van der Waals surface area (Å²) < 4.78 is 6.11. The van der Waals surface area contributed by atoms with E-state index in [-0.39, 0.29) is 12.1 Å². The van der Waals surface area contributed by atoms with Gasteiger partial charge < -0.3 is 15.0 Å². The highest BCUT2D eigenvalue weighted by molar-refractivity contribution is 6.01. The van der Waals surface area contributed by atoms with E-state index in [1.165, 1.54) is 5.56 Å². The third kappa shape index (κ3) is 4.33. The third-order valence-corrected chi connectivity index (χ3v) is 5.29. The number of carbonyl (C=O) groups is 1. The first-order valence-electron chi connectivity index (χ1n) is 10.6. The number of hydrogen-bond donors (Lipinski definition) is 1. The van der Waals surface area contributed by atoms with E-state index in [1.54, 1.807) is 0 Å². The van der Waals surface area contributed by atoms with Gasteiger partial charge in [0.15, 0.2) is 0 Å². The first-order valence-corrected chi connectivity index (χ1v) is 10.6. The van der Waals surface area contributed by atoms with Gasteiger partial charge >= 0.3 is 0 Å². The summed E-state index contributed by atoms with van der Waals surface area (Å²) in [5.41, 5.74) is 3.77. The first-order chi connectivity index (χ1) is 14.6. The summed E-state index contributed by atoms with van der Waals surface area (Å²) in [4.78, 5) is 15.4. The Labute approximate surface area is 178 Å². The minimum absolute atomic E-state index is 0.0453. The van der Waals surface area contributed by atoms with Gasteiger partial charge in [0, 0.05) is 17.8 Å². The molecular formula is C26H28N2O2. The number of nitrogens with one attached hydrogen (secondary N) is 1. The summed E-state index contributed by atoms with van der Waals surface area (Å²) in [6.45, 7) is 5.52. The van der Waals surface area contributed by atoms with Crippen LogP contribution in [0.2, 0.25) is 0 Å². The molecule has 0 radical (unpaired) electrons. The molecule has 1 amide bonds. The second kappa shape index (κ2) is 9.04. The van der Waals surface area contributed by atoms with Gasteiger partial charge in [-0.05, 0) is 36.1 Å². The molecule has 1 aliphatic heterocycles. The lowest BCUT2D eigenvalue weighted by Crippen LogP contribution is -2.44. The Bertz CT molecular complexity index is 1000. The lowest BCUT2D eigenvalue weighted by molar-refractivity contribution is 0.0682. The average Bonchev–Trinajstić information content (AvgIpc) is 2.78. The van der Waals surface area contributed by atoms with Gasteiger partial charge in [0.25, 0.3) is 5.91 Å². The fourth-order valence-corrected chi connectivity index (χ4v) is 3.76. The second-order valence-corrected chi connectivity index (χ2v) is 8.07. The predicted octanol–water partition coefficient (Wildman–Crippen LogP) is 5.53. The number of fused-ring (bicyclic) bond motifs is 1. The molecule has 0 aliphatic carbocycles. The van der Waals surface area contributed by atoms with Crippen molar-refractivity contribution in [3.05, 3.63) is 95.6 Å². The van der Waals surface area contributed by atoms with Crippen LogP contribution in [0.4, 0.5) is 5.69 Å². The Kier molecular flexibility index (Phi) is 6.03. The molecule has 1 N–H and O–H groups in total. The zero-order chi connectivity index (χ0) is 20.9. The minimum Gasteiger partial charge on any atom is -0.493 e. The second-order valence-electron chi connectivity index (χ2n) is 8.07. The van der Waals surface area contributed by atoms with Crippen LogP contribution in [-0.2, 0) is 6.42 Å². The van der Waals surface area contributed by atoms with E-state index in [4.69, 9.17) is 4.74 Å². The maximum Gasteiger partial charge on any atom is 0.257 e. The van der Waals surface area contributed by atoms with Crippen LogP contribution in [0.25, 0.3) is 0 Å². The van der Waals surface area contributed by atoms with Gasteiger partial charge in [0.2, 0.25) is 0 Å². The van der Waals surface area contributed by atoms with Gasteiger partial charge in [-0.25, -0.2) is 0 Å². The Balaban J connectivity index is 1.67. The molecule has 3 aromatic carbocycles. The van der Waals surface area contributed by atoms with Crippen LogP contribution < -0.4 is 10.1 Å². The zero-order valence-electron chi connectivity index (χ0n) is 17.5. The van der Waals surface area contributed by atoms with Crippen LogP contribution in [0.5, 0.6) is 5.75 Å². The first kappa shape index (κ1) is 20.0. The number of para-hydroxylation sites is 2. The summed E-state index contributed by atoms with van der Waals surface area (Å²) in [5, 5.41) is 3.58. The monoisotopic (exact) mass is 400 g/mol. The predicted molar refractivity (Wildman–Crippen MR) is 121 cm³/mol. The van der Waals surface area contributed by atoms with E-state index in [2.05, 4.69) is 31.3 Å². The molecule has 4 heteroatoms. The van der Waals surface area contributed by atoms with Crippen LogP contribution in [0.3, 0.4) is 0 Å². The minimum atomic E-state index is -0.278. The van der Waals surface area contributed by atoms with E-state index in [9.17, 15) is 4.79 Å². The Morgan fingerprint density at radius 2 is 1.63 bits per heavy atom. The number of hydrogen-bond acceptors (Lipinski definition) is 3. The van der Waals surface area contributed by atoms with Crippen LogP contribution in [0.15, 0.2) is 78.9 Å². The summed E-state index contributed by atoms with van der Waals surface area (Å²) >= 11 is 0. The molecule has 0 saturated carbocycles. The van der Waals surface area contributed by atoms with Gasteiger partial charge in [-0.15, -0.1) is 0 Å². The van der Waals surface area contributed by atoms with E-state index < -0.39 is 0 Å². The molecule has 0 saturated heterocycles. The number of anilines is 1. The van der Waals surface area contributed by atoms with Crippen molar-refractivity contribution in [1.29, 1.82) is 0 Å². The molecular weight excluding hydrogens is 372 g/mol. The number of ether oxygens (including phenoxy) is 1. The SMILES string of the molecule is CC(C)COc1ccccc1C1Nc2ccccc2C(=O)N1CCc1ccccc1. The molecule has 1 aliphatic rings. The number of nitrogens with zero attached hydrogens (tertiary/aromatic N) is 1. The van der Waals surface area contributed by atoms with Crippen molar-refractivity contribution in [3.8, 4) is 5.75 Å². The molecule has 30 heavy (non-hydrogen) atoms. The quantitative estimate of drug-likeness (QED) is 0.567. The van der Waals surface area contributed by atoms with Gasteiger partial charge in [0.1, 0.15) is 11.9 Å². The number of rotatable bonds is 7. The van der Waals surface area contributed by atoms with E-state index >= 15 is 0 Å². The number of carbonyl (C=O) groups excluding carboxylic acids is 1. The van der Waals surface area contributed by atoms with Crippen molar-refractivity contribution < 1.29 is 9.53 Å². The summed E-state index contributed by atoms with van der Waals surface area (Å²) in [6, 6.07) is 26.0. The van der Waals surface area contributed by atoms with Crippen molar-refractivity contribution >= 4 is 11.6 Å². The molecule has 0 aromatic heterocycles. The van der Waals surface area contributed by atoms with Crippen molar-refractivity contribution in [2.24, 2.45) is 5.92 Å². The zero-order valence-corrected chi connectivity index (χ0v) is 17.5. The largest absolute Gasteiger partial charge is 0.493 e. The molecule has 154 valence electrons. The molecule has 1 atom stereocenters. The highest BCUT2D eigenvalue weighted by Gasteiger charge is 2.34. The highest BCUT2D eigenvalue weighted by Crippen LogP contribution is 2.37. The Morgan fingerprint density at radius 1 is 0.933 bits per heavy atom. The van der Waals surface area contributed by atoms with Crippen molar-refractivity contribution in [3.63, 3.8) is 0 Å². The molecule has 0 bridgehead atoms. The summed E-state index contributed by atoms with van der Waals surface area (Å²) in [5.74, 6) is 1.29. The molecule has 1 heterocycles. The van der Waals surface area contributed by atoms with Gasteiger partial charge in [0.05, 0.1) is 12.2 Å². The van der Waals surface area contributed by atoms with Crippen LogP contribution in [0.1, 0.15) is 41.5 Å². The fourth-order valence-electron chi connectivity index (χ4n) is 3.76. The van der Waals surface area contributed by atoms with E-state index in [0.717, 1.165) is 23.4 Å². The van der Waals surface area contributed by atoms with Gasteiger partial charge in [-0.1, -0.05) is 74.5 Å². The molecule has 1 unspecified atom stereocenters. The summed E-state index contributed by atoms with van der Waals surface area (Å²) in [7, 11) is 0. The normalized spacial score (nSPS) is 15.6. The topological polar surface area (TPSA) is 41.6 Å². The molecule has 4 nitrogen and oxygen atoms in total. The molecule has 0 spiro atoms. The highest BCUT2D eigenvalue weighted by atomic mass is 16.5. The molecule has 3 aromatic rings. The number of benzene rings is 3. The number of amides is 1. The average molecular weight is 401 g/mol. The van der Waals surface area contributed by atoms with Crippen LogP contribution in [-0.4, -0.2) is 24.0 Å². The smallest absolute Gasteiger partial charge is 0.257 e.